The minimum absolute atomic E-state index is 0. The molecule has 1 heterocycles. The number of anilines is 1. The van der Waals surface area contributed by atoms with Crippen molar-refractivity contribution < 1.29 is 9.53 Å². The van der Waals surface area contributed by atoms with Crippen molar-refractivity contribution in [2.75, 3.05) is 52.3 Å². The maximum Gasteiger partial charge on any atom is 0.223 e. The molecule has 27 heavy (non-hydrogen) atoms. The Balaban J connectivity index is 0.00000364. The zero-order valence-corrected chi connectivity index (χ0v) is 19.0. The Morgan fingerprint density at radius 1 is 1.37 bits per heavy atom. The van der Waals surface area contributed by atoms with E-state index in [1.54, 1.807) is 26.1 Å². The van der Waals surface area contributed by atoms with E-state index in [0.717, 1.165) is 43.5 Å². The topological polar surface area (TPSA) is 69.2 Å². The van der Waals surface area contributed by atoms with Crippen LogP contribution in [0.4, 0.5) is 5.69 Å². The van der Waals surface area contributed by atoms with Crippen LogP contribution in [0.25, 0.3) is 0 Å². The number of rotatable bonds is 7. The van der Waals surface area contributed by atoms with Crippen LogP contribution in [0.15, 0.2) is 29.3 Å². The second-order valence-corrected chi connectivity index (χ2v) is 6.55. The van der Waals surface area contributed by atoms with E-state index in [2.05, 4.69) is 26.6 Å². The zero-order chi connectivity index (χ0) is 18.9. The number of methoxy groups -OCH3 is 1. The maximum absolute atomic E-state index is 11.7. The molecule has 8 heteroatoms. The van der Waals surface area contributed by atoms with Gasteiger partial charge in [0.1, 0.15) is 5.75 Å². The Kier molecular flexibility index (Phi) is 10.3. The predicted molar refractivity (Wildman–Crippen MR) is 121 cm³/mol. The average Bonchev–Trinajstić information content (AvgIpc) is 3.09. The molecular weight excluding hydrogens is 457 g/mol. The first-order valence-corrected chi connectivity index (χ1v) is 9.18. The van der Waals surface area contributed by atoms with Crippen LogP contribution >= 0.6 is 24.0 Å². The first-order chi connectivity index (χ1) is 12.5. The molecule has 0 radical (unpaired) electrons. The summed E-state index contributed by atoms with van der Waals surface area (Å²) in [5.41, 5.74) is 1.12. The van der Waals surface area contributed by atoms with Crippen molar-refractivity contribution >= 4 is 41.5 Å². The first-order valence-electron chi connectivity index (χ1n) is 9.18. The van der Waals surface area contributed by atoms with Crippen LogP contribution in [0.2, 0.25) is 0 Å². The lowest BCUT2D eigenvalue weighted by molar-refractivity contribution is -0.128. The highest BCUT2D eigenvalue weighted by atomic mass is 127. The number of nitrogens with one attached hydrogen (secondary N) is 2. The predicted octanol–water partition coefficient (Wildman–Crippen LogP) is 1.93. The van der Waals surface area contributed by atoms with Gasteiger partial charge in [-0.3, -0.25) is 9.79 Å². The van der Waals surface area contributed by atoms with Gasteiger partial charge in [0.2, 0.25) is 5.91 Å². The Morgan fingerprint density at radius 2 is 2.11 bits per heavy atom. The molecular formula is C19H32IN5O2. The first kappa shape index (κ1) is 23.3. The van der Waals surface area contributed by atoms with Crippen molar-refractivity contribution in [3.05, 3.63) is 24.3 Å². The van der Waals surface area contributed by atoms with Crippen molar-refractivity contribution in [1.82, 2.24) is 15.5 Å². The lowest BCUT2D eigenvalue weighted by Gasteiger charge is -2.22. The van der Waals surface area contributed by atoms with Crippen molar-refractivity contribution in [1.29, 1.82) is 0 Å². The van der Waals surface area contributed by atoms with E-state index in [1.165, 1.54) is 0 Å². The molecule has 0 aliphatic carbocycles. The SMILES string of the molecule is CCNC(=NCCC(=O)N(C)C)NC1CCN(c2ccccc2OC)C1.I. The Bertz CT molecular complexity index is 624. The van der Waals surface area contributed by atoms with Crippen LogP contribution < -0.4 is 20.3 Å². The lowest BCUT2D eigenvalue weighted by Crippen LogP contribution is -2.44. The molecule has 2 rings (SSSR count). The molecule has 152 valence electrons. The Labute approximate surface area is 179 Å². The molecule has 1 saturated heterocycles. The monoisotopic (exact) mass is 489 g/mol. The van der Waals surface area contributed by atoms with Gasteiger partial charge in [-0.15, -0.1) is 24.0 Å². The lowest BCUT2D eigenvalue weighted by atomic mass is 10.2. The van der Waals surface area contributed by atoms with E-state index in [4.69, 9.17) is 4.74 Å². The number of nitrogens with zero attached hydrogens (tertiary/aromatic N) is 3. The Hall–Kier alpha value is -1.71. The fraction of sp³-hybridized carbons (Fsp3) is 0.579. The van der Waals surface area contributed by atoms with E-state index < -0.39 is 0 Å². The van der Waals surface area contributed by atoms with Crippen LogP contribution in [0.1, 0.15) is 19.8 Å². The molecule has 1 aliphatic heterocycles. The van der Waals surface area contributed by atoms with E-state index >= 15 is 0 Å². The van der Waals surface area contributed by atoms with E-state index in [0.29, 0.717) is 19.0 Å². The minimum Gasteiger partial charge on any atom is -0.495 e. The highest BCUT2D eigenvalue weighted by Crippen LogP contribution is 2.30. The van der Waals surface area contributed by atoms with Crippen LogP contribution in [-0.2, 0) is 4.79 Å². The summed E-state index contributed by atoms with van der Waals surface area (Å²) in [6.45, 7) is 5.17. The van der Waals surface area contributed by atoms with Crippen LogP contribution in [-0.4, -0.2) is 70.2 Å². The van der Waals surface area contributed by atoms with Crippen molar-refractivity contribution in [3.8, 4) is 5.75 Å². The van der Waals surface area contributed by atoms with Gasteiger partial charge in [-0.25, -0.2) is 0 Å². The standard InChI is InChI=1S/C19H31N5O2.HI/c1-5-20-19(21-12-10-18(25)23(2)3)22-15-11-13-24(14-15)16-8-6-7-9-17(16)26-4;/h6-9,15H,5,10-14H2,1-4H3,(H2,20,21,22);1H. The molecule has 2 N–H and O–H groups in total. The smallest absolute Gasteiger partial charge is 0.223 e. The number of para-hydroxylation sites is 2. The van der Waals surface area contributed by atoms with Crippen LogP contribution in [0, 0.1) is 0 Å². The summed E-state index contributed by atoms with van der Waals surface area (Å²) in [4.78, 5) is 20.1. The second kappa shape index (κ2) is 11.9. The van der Waals surface area contributed by atoms with Gasteiger partial charge in [-0.2, -0.15) is 0 Å². The summed E-state index contributed by atoms with van der Waals surface area (Å²) >= 11 is 0. The molecule has 1 fully saturated rings. The quantitative estimate of drug-likeness (QED) is 0.348. The summed E-state index contributed by atoms with van der Waals surface area (Å²) in [7, 11) is 5.23. The summed E-state index contributed by atoms with van der Waals surface area (Å²) in [5, 5.41) is 6.75. The number of guanidine groups is 1. The van der Waals surface area contributed by atoms with Gasteiger partial charge in [-0.05, 0) is 25.5 Å². The van der Waals surface area contributed by atoms with E-state index in [9.17, 15) is 4.79 Å². The summed E-state index contributed by atoms with van der Waals surface area (Å²) in [5.74, 6) is 1.76. The third-order valence-corrected chi connectivity index (χ3v) is 4.39. The average molecular weight is 489 g/mol. The molecule has 1 atom stereocenters. The van der Waals surface area contributed by atoms with Gasteiger partial charge in [0, 0.05) is 46.2 Å². The van der Waals surface area contributed by atoms with Gasteiger partial charge in [0.05, 0.1) is 19.3 Å². The number of benzene rings is 1. The van der Waals surface area contributed by atoms with E-state index in [-0.39, 0.29) is 29.9 Å². The van der Waals surface area contributed by atoms with Crippen molar-refractivity contribution in [2.45, 2.75) is 25.8 Å². The highest BCUT2D eigenvalue weighted by molar-refractivity contribution is 14.0. The molecule has 1 unspecified atom stereocenters. The normalized spacial score (nSPS) is 16.5. The van der Waals surface area contributed by atoms with Gasteiger partial charge in [0.25, 0.3) is 0 Å². The minimum atomic E-state index is 0. The van der Waals surface area contributed by atoms with Gasteiger partial charge < -0.3 is 25.2 Å². The molecule has 0 aromatic heterocycles. The molecule has 0 spiro atoms. The molecule has 1 aromatic rings. The second-order valence-electron chi connectivity index (χ2n) is 6.55. The molecule has 0 saturated carbocycles. The fourth-order valence-electron chi connectivity index (χ4n) is 2.99. The number of carbonyl (C=O) groups is 1. The fourth-order valence-corrected chi connectivity index (χ4v) is 2.99. The van der Waals surface area contributed by atoms with Gasteiger partial charge in [-0.1, -0.05) is 12.1 Å². The maximum atomic E-state index is 11.7. The highest BCUT2D eigenvalue weighted by Gasteiger charge is 2.25. The number of ether oxygens (including phenoxy) is 1. The van der Waals surface area contributed by atoms with Crippen molar-refractivity contribution in [2.24, 2.45) is 4.99 Å². The number of hydrogen-bond acceptors (Lipinski definition) is 4. The number of amides is 1. The molecule has 0 bridgehead atoms. The number of hydrogen-bond donors (Lipinski definition) is 2. The van der Waals surface area contributed by atoms with Crippen LogP contribution in [0.3, 0.4) is 0 Å². The third-order valence-electron chi connectivity index (χ3n) is 4.39. The third kappa shape index (κ3) is 7.08. The molecule has 7 nitrogen and oxygen atoms in total. The zero-order valence-electron chi connectivity index (χ0n) is 16.7. The van der Waals surface area contributed by atoms with Crippen molar-refractivity contribution in [3.63, 3.8) is 0 Å². The number of halogens is 1. The number of carbonyl (C=O) groups excluding carboxylic acids is 1. The molecule has 1 aromatic carbocycles. The summed E-state index contributed by atoms with van der Waals surface area (Å²) in [6.07, 6.45) is 1.45. The van der Waals surface area contributed by atoms with Gasteiger partial charge in [0.15, 0.2) is 5.96 Å². The van der Waals surface area contributed by atoms with Gasteiger partial charge >= 0.3 is 0 Å². The number of aliphatic imine (C=N–C) groups is 1. The summed E-state index contributed by atoms with van der Waals surface area (Å²) < 4.78 is 5.47. The molecule has 1 aliphatic rings. The summed E-state index contributed by atoms with van der Waals surface area (Å²) in [6, 6.07) is 8.41. The van der Waals surface area contributed by atoms with Crippen LogP contribution in [0.5, 0.6) is 5.75 Å². The van der Waals surface area contributed by atoms with E-state index in [1.807, 2.05) is 25.1 Å². The largest absolute Gasteiger partial charge is 0.495 e. The Morgan fingerprint density at radius 3 is 2.78 bits per heavy atom. The molecule has 1 amide bonds.